The van der Waals surface area contributed by atoms with E-state index in [9.17, 15) is 14.4 Å². The second-order valence-corrected chi connectivity index (χ2v) is 10.0. The lowest BCUT2D eigenvalue weighted by molar-refractivity contribution is -0.138. The van der Waals surface area contributed by atoms with Crippen molar-refractivity contribution in [2.75, 3.05) is 13.1 Å². The van der Waals surface area contributed by atoms with Crippen LogP contribution in [0.15, 0.2) is 12.1 Å². The second kappa shape index (κ2) is 9.10. The summed E-state index contributed by atoms with van der Waals surface area (Å²) in [7, 11) is 0. The van der Waals surface area contributed by atoms with Crippen molar-refractivity contribution < 1.29 is 14.4 Å². The summed E-state index contributed by atoms with van der Waals surface area (Å²) in [5.41, 5.74) is 3.42. The van der Waals surface area contributed by atoms with E-state index >= 15 is 0 Å². The third kappa shape index (κ3) is 4.46. The highest BCUT2D eigenvalue weighted by atomic mass is 16.2. The van der Waals surface area contributed by atoms with E-state index in [0.29, 0.717) is 32.0 Å². The van der Waals surface area contributed by atoms with Gasteiger partial charge in [-0.05, 0) is 80.7 Å². The van der Waals surface area contributed by atoms with E-state index in [0.717, 1.165) is 47.9 Å². The Bertz CT molecular complexity index is 943. The van der Waals surface area contributed by atoms with Crippen molar-refractivity contribution in [1.82, 2.24) is 10.2 Å². The Kier molecular flexibility index (Phi) is 6.42. The fourth-order valence-corrected chi connectivity index (χ4v) is 6.03. The first-order valence-electron chi connectivity index (χ1n) is 12.0. The number of ketones is 2. The maximum Gasteiger partial charge on any atom is 0.317 e. The number of rotatable bonds is 2. The molecule has 1 spiro atoms. The molecule has 0 atom stereocenters. The Morgan fingerprint density at radius 1 is 1.03 bits per heavy atom. The van der Waals surface area contributed by atoms with Crippen LogP contribution in [0.25, 0.3) is 0 Å². The molecule has 0 bridgehead atoms. The van der Waals surface area contributed by atoms with Crippen LogP contribution in [0.2, 0.25) is 0 Å². The van der Waals surface area contributed by atoms with Gasteiger partial charge in [0.15, 0.2) is 0 Å². The fourth-order valence-electron chi connectivity index (χ4n) is 6.03. The van der Waals surface area contributed by atoms with Gasteiger partial charge in [-0.25, -0.2) is 4.79 Å². The highest BCUT2D eigenvalue weighted by Crippen LogP contribution is 2.46. The summed E-state index contributed by atoms with van der Waals surface area (Å²) in [6.45, 7) is 6.97. The molecule has 5 nitrogen and oxygen atoms in total. The van der Waals surface area contributed by atoms with E-state index in [1.54, 1.807) is 6.92 Å². The standard InChI is InChI=1S/C27H34N2O3/c1-4-7-20-14-18(2)24(19(3)15-20)25-22(30)16-27(17-23(25)31)10-12-29(13-11-27)26(32)28-21-8-5-6-9-21/h14-15,21,25H,5-6,8-13,16-17H2,1-3H3,(H,28,32). The fraction of sp³-hybridized carbons (Fsp3) is 0.593. The quantitative estimate of drug-likeness (QED) is 0.553. The number of urea groups is 1. The first-order valence-corrected chi connectivity index (χ1v) is 12.0. The van der Waals surface area contributed by atoms with Gasteiger partial charge in [0.05, 0.1) is 0 Å². The van der Waals surface area contributed by atoms with Crippen LogP contribution in [0.5, 0.6) is 0 Å². The summed E-state index contributed by atoms with van der Waals surface area (Å²) >= 11 is 0. The number of likely N-dealkylation sites (tertiary alicyclic amines) is 1. The lowest BCUT2D eigenvalue weighted by atomic mass is 9.62. The first kappa shape index (κ1) is 22.6. The second-order valence-electron chi connectivity index (χ2n) is 10.0. The van der Waals surface area contributed by atoms with Crippen LogP contribution in [0.1, 0.15) is 86.5 Å². The summed E-state index contributed by atoms with van der Waals surface area (Å²) < 4.78 is 0. The van der Waals surface area contributed by atoms with E-state index in [4.69, 9.17) is 0 Å². The van der Waals surface area contributed by atoms with Gasteiger partial charge in [-0.1, -0.05) is 18.8 Å². The zero-order chi connectivity index (χ0) is 22.9. The molecule has 1 saturated heterocycles. The SMILES string of the molecule is CC#Cc1cc(C)c(C2C(=O)CC3(CCN(C(=O)NC4CCCC4)CC3)CC2=O)c(C)c1. The summed E-state index contributed by atoms with van der Waals surface area (Å²) in [5.74, 6) is 5.38. The topological polar surface area (TPSA) is 66.5 Å². The van der Waals surface area contributed by atoms with Crippen molar-refractivity contribution in [2.24, 2.45) is 5.41 Å². The zero-order valence-corrected chi connectivity index (χ0v) is 19.6. The number of benzene rings is 1. The minimum Gasteiger partial charge on any atom is -0.335 e. The first-order chi connectivity index (χ1) is 15.3. The Morgan fingerprint density at radius 3 is 2.12 bits per heavy atom. The highest BCUT2D eigenvalue weighted by Gasteiger charge is 2.47. The molecular formula is C27H34N2O3. The van der Waals surface area contributed by atoms with Crippen molar-refractivity contribution in [3.05, 3.63) is 34.4 Å². The Balaban J connectivity index is 1.43. The number of nitrogens with one attached hydrogen (secondary N) is 1. The molecule has 4 rings (SSSR count). The van der Waals surface area contributed by atoms with Gasteiger partial charge in [0.25, 0.3) is 0 Å². The van der Waals surface area contributed by atoms with Crippen LogP contribution in [0, 0.1) is 31.1 Å². The number of amides is 2. The molecule has 32 heavy (non-hydrogen) atoms. The minimum atomic E-state index is -0.659. The third-order valence-corrected chi connectivity index (χ3v) is 7.69. The predicted molar refractivity (Wildman–Crippen MR) is 124 cm³/mol. The maximum atomic E-state index is 13.3. The van der Waals surface area contributed by atoms with Gasteiger partial charge in [0, 0.05) is 37.5 Å². The van der Waals surface area contributed by atoms with Crippen LogP contribution >= 0.6 is 0 Å². The molecule has 0 radical (unpaired) electrons. The Labute approximate surface area is 191 Å². The van der Waals surface area contributed by atoms with Gasteiger partial charge in [-0.15, -0.1) is 5.92 Å². The summed E-state index contributed by atoms with van der Waals surface area (Å²) in [4.78, 5) is 41.1. The summed E-state index contributed by atoms with van der Waals surface area (Å²) in [5, 5.41) is 3.16. The number of carbonyl (C=O) groups excluding carboxylic acids is 3. The van der Waals surface area contributed by atoms with Crippen LogP contribution in [-0.2, 0) is 9.59 Å². The number of hydrogen-bond acceptors (Lipinski definition) is 3. The van der Waals surface area contributed by atoms with Gasteiger partial charge < -0.3 is 10.2 Å². The van der Waals surface area contributed by atoms with Crippen LogP contribution in [-0.4, -0.2) is 41.6 Å². The molecule has 3 fully saturated rings. The van der Waals surface area contributed by atoms with Crippen molar-refractivity contribution in [3.63, 3.8) is 0 Å². The smallest absolute Gasteiger partial charge is 0.317 e. The number of piperidine rings is 1. The van der Waals surface area contributed by atoms with E-state index in [-0.39, 0.29) is 23.0 Å². The zero-order valence-electron chi connectivity index (χ0n) is 19.6. The van der Waals surface area contributed by atoms with Gasteiger partial charge in [-0.2, -0.15) is 0 Å². The average molecular weight is 435 g/mol. The molecule has 5 heteroatoms. The van der Waals surface area contributed by atoms with Crippen LogP contribution in [0.3, 0.4) is 0 Å². The van der Waals surface area contributed by atoms with Crippen molar-refractivity contribution in [1.29, 1.82) is 0 Å². The molecule has 1 N–H and O–H groups in total. The molecule has 170 valence electrons. The number of hydrogen-bond donors (Lipinski definition) is 1. The molecule has 1 aliphatic heterocycles. The van der Waals surface area contributed by atoms with Crippen molar-refractivity contribution in [2.45, 2.75) is 84.1 Å². The monoisotopic (exact) mass is 434 g/mol. The molecular weight excluding hydrogens is 400 g/mol. The number of nitrogens with zero attached hydrogens (tertiary/aromatic N) is 1. The molecule has 2 saturated carbocycles. The third-order valence-electron chi connectivity index (χ3n) is 7.69. The summed E-state index contributed by atoms with van der Waals surface area (Å²) in [6, 6.07) is 4.27. The van der Waals surface area contributed by atoms with E-state index in [1.165, 1.54) is 12.8 Å². The lowest BCUT2D eigenvalue weighted by Crippen LogP contribution is -2.51. The van der Waals surface area contributed by atoms with E-state index < -0.39 is 5.92 Å². The molecule has 1 aromatic rings. The van der Waals surface area contributed by atoms with Gasteiger partial charge >= 0.3 is 6.03 Å². The maximum absolute atomic E-state index is 13.3. The van der Waals surface area contributed by atoms with Crippen molar-refractivity contribution in [3.8, 4) is 11.8 Å². The van der Waals surface area contributed by atoms with Crippen LogP contribution in [0.4, 0.5) is 4.79 Å². The highest BCUT2D eigenvalue weighted by molar-refractivity contribution is 6.10. The van der Waals surface area contributed by atoms with E-state index in [1.807, 2.05) is 30.9 Å². The van der Waals surface area contributed by atoms with Crippen molar-refractivity contribution >= 4 is 17.6 Å². The predicted octanol–water partition coefficient (Wildman–Crippen LogP) is 4.42. The van der Waals surface area contributed by atoms with Gasteiger partial charge in [0.1, 0.15) is 17.5 Å². The molecule has 0 unspecified atom stereocenters. The van der Waals surface area contributed by atoms with Gasteiger partial charge in [0.2, 0.25) is 0 Å². The van der Waals surface area contributed by atoms with Gasteiger partial charge in [-0.3, -0.25) is 9.59 Å². The molecule has 2 aliphatic carbocycles. The molecule has 1 aromatic carbocycles. The largest absolute Gasteiger partial charge is 0.335 e. The minimum absolute atomic E-state index is 0.0135. The normalized spacial score (nSPS) is 21.5. The Hall–Kier alpha value is -2.61. The molecule has 0 aromatic heterocycles. The lowest BCUT2D eigenvalue weighted by Gasteiger charge is -2.45. The molecule has 1 heterocycles. The molecule has 3 aliphatic rings. The Morgan fingerprint density at radius 2 is 1.59 bits per heavy atom. The summed E-state index contributed by atoms with van der Waals surface area (Å²) in [6.07, 6.45) is 6.81. The number of aryl methyl sites for hydroxylation is 2. The number of carbonyl (C=O) groups is 3. The van der Waals surface area contributed by atoms with Crippen LogP contribution < -0.4 is 5.32 Å². The average Bonchev–Trinajstić information content (AvgIpc) is 3.23. The van der Waals surface area contributed by atoms with E-state index in [2.05, 4.69) is 17.2 Å². The number of Topliss-reactive ketones (excluding diaryl/α,β-unsaturated/α-hetero) is 2. The molecule has 2 amide bonds.